The number of hydrogen-bond donors (Lipinski definition) is 3. The number of amides is 2. The average molecular weight is 527 g/mol. The van der Waals surface area contributed by atoms with Crippen LogP contribution in [0.5, 0.6) is 17.2 Å². The summed E-state index contributed by atoms with van der Waals surface area (Å²) in [5.41, 5.74) is 2.99. The van der Waals surface area contributed by atoms with Gasteiger partial charge in [-0.05, 0) is 66.1 Å². The third-order valence-corrected chi connectivity index (χ3v) is 5.99. The van der Waals surface area contributed by atoms with Crippen LogP contribution in [0.3, 0.4) is 0 Å². The molecule has 9 nitrogen and oxygen atoms in total. The van der Waals surface area contributed by atoms with E-state index in [-0.39, 0.29) is 12.5 Å². The van der Waals surface area contributed by atoms with Gasteiger partial charge in [0.2, 0.25) is 6.79 Å². The number of aromatic amines is 1. The molecule has 0 unspecified atom stereocenters. The average Bonchev–Trinajstić information content (AvgIpc) is 3.58. The lowest BCUT2D eigenvalue weighted by Gasteiger charge is -2.12. The van der Waals surface area contributed by atoms with Crippen molar-refractivity contribution in [1.29, 1.82) is 0 Å². The Morgan fingerprint density at radius 3 is 2.64 bits per heavy atom. The number of rotatable bonds is 10. The van der Waals surface area contributed by atoms with Crippen LogP contribution >= 0.6 is 0 Å². The third-order valence-electron chi connectivity index (χ3n) is 5.99. The molecule has 0 saturated carbocycles. The molecule has 1 aliphatic heterocycles. The fourth-order valence-corrected chi connectivity index (χ4v) is 4.00. The summed E-state index contributed by atoms with van der Waals surface area (Å²) in [4.78, 5) is 34.1. The van der Waals surface area contributed by atoms with Crippen molar-refractivity contribution in [2.45, 2.75) is 20.3 Å². The lowest BCUT2D eigenvalue weighted by Crippen LogP contribution is -2.35. The SMILES string of the molecule is CC(C)COc1ccc(C(=O)NC(=Cc2ccc3c(c2)OCO3)C(=O)NCCc2nc3ccccc3[nH]2)cc1. The molecule has 0 fully saturated rings. The Balaban J connectivity index is 1.29. The van der Waals surface area contributed by atoms with Crippen LogP contribution in [0.15, 0.2) is 72.4 Å². The first-order valence-corrected chi connectivity index (χ1v) is 12.8. The summed E-state index contributed by atoms with van der Waals surface area (Å²) >= 11 is 0. The number of benzene rings is 3. The van der Waals surface area contributed by atoms with E-state index in [9.17, 15) is 9.59 Å². The molecular weight excluding hydrogens is 496 g/mol. The van der Waals surface area contributed by atoms with Gasteiger partial charge in [0.25, 0.3) is 11.8 Å². The summed E-state index contributed by atoms with van der Waals surface area (Å²) in [7, 11) is 0. The zero-order valence-corrected chi connectivity index (χ0v) is 21.8. The van der Waals surface area contributed by atoms with Gasteiger partial charge in [0, 0.05) is 18.5 Å². The molecule has 4 aromatic rings. The number of carbonyl (C=O) groups is 2. The van der Waals surface area contributed by atoms with E-state index in [1.807, 2.05) is 24.3 Å². The Bertz CT molecular complexity index is 1470. The highest BCUT2D eigenvalue weighted by atomic mass is 16.7. The van der Waals surface area contributed by atoms with Crippen molar-refractivity contribution in [3.05, 3.63) is 89.4 Å². The van der Waals surface area contributed by atoms with Gasteiger partial charge in [0.05, 0.1) is 17.6 Å². The molecule has 9 heteroatoms. The lowest BCUT2D eigenvalue weighted by molar-refractivity contribution is -0.117. The first kappa shape index (κ1) is 25.8. The van der Waals surface area contributed by atoms with Crippen LogP contribution in [-0.4, -0.2) is 41.7 Å². The van der Waals surface area contributed by atoms with Crippen molar-refractivity contribution in [1.82, 2.24) is 20.6 Å². The van der Waals surface area contributed by atoms with Gasteiger partial charge < -0.3 is 29.8 Å². The quantitative estimate of drug-likeness (QED) is 0.263. The predicted molar refractivity (Wildman–Crippen MR) is 148 cm³/mol. The Morgan fingerprint density at radius 2 is 1.85 bits per heavy atom. The van der Waals surface area contributed by atoms with Crippen LogP contribution < -0.4 is 24.8 Å². The number of hydrogen-bond acceptors (Lipinski definition) is 6. The van der Waals surface area contributed by atoms with E-state index in [2.05, 4.69) is 34.4 Å². The molecule has 0 atom stereocenters. The molecule has 1 aromatic heterocycles. The van der Waals surface area contributed by atoms with Crippen LogP contribution in [0, 0.1) is 5.92 Å². The number of H-pyrrole nitrogens is 1. The second-order valence-corrected chi connectivity index (χ2v) is 9.56. The first-order valence-electron chi connectivity index (χ1n) is 12.8. The highest BCUT2D eigenvalue weighted by Crippen LogP contribution is 2.33. The molecule has 0 bridgehead atoms. The van der Waals surface area contributed by atoms with Crippen molar-refractivity contribution in [3.63, 3.8) is 0 Å². The smallest absolute Gasteiger partial charge is 0.267 e. The molecule has 3 N–H and O–H groups in total. The number of imidazole rings is 1. The second-order valence-electron chi connectivity index (χ2n) is 9.56. The van der Waals surface area contributed by atoms with Crippen molar-refractivity contribution >= 4 is 28.9 Å². The minimum atomic E-state index is -0.422. The van der Waals surface area contributed by atoms with Crippen LogP contribution in [-0.2, 0) is 11.2 Å². The summed E-state index contributed by atoms with van der Waals surface area (Å²) in [6.45, 7) is 5.19. The summed E-state index contributed by atoms with van der Waals surface area (Å²) < 4.78 is 16.5. The number of nitrogens with zero attached hydrogens (tertiary/aromatic N) is 1. The Morgan fingerprint density at radius 1 is 1.05 bits per heavy atom. The van der Waals surface area contributed by atoms with Crippen molar-refractivity contribution < 1.29 is 23.8 Å². The fraction of sp³-hybridized carbons (Fsp3) is 0.233. The molecule has 0 spiro atoms. The van der Waals surface area contributed by atoms with Gasteiger partial charge in [-0.1, -0.05) is 32.0 Å². The lowest BCUT2D eigenvalue weighted by atomic mass is 10.1. The Hall–Kier alpha value is -4.79. The maximum absolute atomic E-state index is 13.2. The molecule has 2 amide bonds. The summed E-state index contributed by atoms with van der Waals surface area (Å²) in [5.74, 6) is 2.21. The molecule has 0 radical (unpaired) electrons. The van der Waals surface area contributed by atoms with E-state index in [1.54, 1.807) is 48.5 Å². The summed E-state index contributed by atoms with van der Waals surface area (Å²) in [6, 6.07) is 19.9. The number of ether oxygens (including phenoxy) is 3. The molecule has 1 aliphatic rings. The van der Waals surface area contributed by atoms with Gasteiger partial charge in [-0.2, -0.15) is 0 Å². The zero-order chi connectivity index (χ0) is 27.2. The summed E-state index contributed by atoms with van der Waals surface area (Å²) in [6.07, 6.45) is 2.11. The normalized spacial score (nSPS) is 12.5. The van der Waals surface area contributed by atoms with E-state index in [4.69, 9.17) is 14.2 Å². The molecule has 3 aromatic carbocycles. The van der Waals surface area contributed by atoms with Gasteiger partial charge in [-0.15, -0.1) is 0 Å². The maximum Gasteiger partial charge on any atom is 0.267 e. The standard InChI is InChI=1S/C30H30N4O5/c1-19(2)17-37-22-10-8-21(9-11-22)29(35)34-25(15-20-7-12-26-27(16-20)39-18-38-26)30(36)31-14-13-28-32-23-5-3-4-6-24(23)33-28/h3-12,15-16,19H,13-14,17-18H2,1-2H3,(H,31,36)(H,32,33)(H,34,35). The fourth-order valence-electron chi connectivity index (χ4n) is 4.00. The number of carbonyl (C=O) groups excluding carboxylic acids is 2. The van der Waals surface area contributed by atoms with Crippen molar-refractivity contribution in [2.75, 3.05) is 19.9 Å². The Kier molecular flexibility index (Phi) is 7.77. The largest absolute Gasteiger partial charge is 0.493 e. The minimum Gasteiger partial charge on any atom is -0.493 e. The molecular formula is C30H30N4O5. The van der Waals surface area contributed by atoms with Crippen molar-refractivity contribution in [3.8, 4) is 17.2 Å². The number of fused-ring (bicyclic) bond motifs is 2. The number of para-hydroxylation sites is 2. The maximum atomic E-state index is 13.2. The minimum absolute atomic E-state index is 0.101. The van der Waals surface area contributed by atoms with E-state index in [0.717, 1.165) is 16.9 Å². The van der Waals surface area contributed by atoms with Gasteiger partial charge >= 0.3 is 0 Å². The predicted octanol–water partition coefficient (Wildman–Crippen LogP) is 4.46. The van der Waals surface area contributed by atoms with Gasteiger partial charge in [0.15, 0.2) is 11.5 Å². The first-order chi connectivity index (χ1) is 18.9. The zero-order valence-electron chi connectivity index (χ0n) is 21.8. The highest BCUT2D eigenvalue weighted by molar-refractivity contribution is 6.05. The monoisotopic (exact) mass is 526 g/mol. The van der Waals surface area contributed by atoms with Gasteiger partial charge in [-0.3, -0.25) is 9.59 Å². The Labute approximate surface area is 226 Å². The second kappa shape index (κ2) is 11.7. The molecule has 2 heterocycles. The van der Waals surface area contributed by atoms with Crippen molar-refractivity contribution in [2.24, 2.45) is 5.92 Å². The van der Waals surface area contributed by atoms with Crippen LogP contribution in [0.4, 0.5) is 0 Å². The van der Waals surface area contributed by atoms with E-state index >= 15 is 0 Å². The molecule has 5 rings (SSSR count). The molecule has 0 aliphatic carbocycles. The number of nitrogens with one attached hydrogen (secondary N) is 3. The number of aromatic nitrogens is 2. The summed E-state index contributed by atoms with van der Waals surface area (Å²) in [5, 5.41) is 5.65. The highest BCUT2D eigenvalue weighted by Gasteiger charge is 2.17. The van der Waals surface area contributed by atoms with E-state index < -0.39 is 11.8 Å². The third kappa shape index (κ3) is 6.56. The van der Waals surface area contributed by atoms with Gasteiger partial charge in [0.1, 0.15) is 17.3 Å². The molecule has 200 valence electrons. The molecule has 0 saturated heterocycles. The van der Waals surface area contributed by atoms with Crippen LogP contribution in [0.1, 0.15) is 35.6 Å². The van der Waals surface area contributed by atoms with Crippen LogP contribution in [0.2, 0.25) is 0 Å². The topological polar surface area (TPSA) is 115 Å². The van der Waals surface area contributed by atoms with E-state index in [0.29, 0.717) is 53.9 Å². The molecule has 39 heavy (non-hydrogen) atoms. The van der Waals surface area contributed by atoms with Crippen LogP contribution in [0.25, 0.3) is 17.1 Å². The van der Waals surface area contributed by atoms with Gasteiger partial charge in [-0.25, -0.2) is 4.98 Å². The van der Waals surface area contributed by atoms with E-state index in [1.165, 1.54) is 0 Å².